The van der Waals surface area contributed by atoms with Crippen molar-refractivity contribution in [2.45, 2.75) is 19.6 Å². The third-order valence-electron chi connectivity index (χ3n) is 6.96. The van der Waals surface area contributed by atoms with E-state index in [0.717, 1.165) is 47.8 Å². The lowest BCUT2D eigenvalue weighted by atomic mass is 9.49. The van der Waals surface area contributed by atoms with Crippen LogP contribution in [0, 0.1) is 23.1 Å². The molecule has 3 aromatic heterocycles. The van der Waals surface area contributed by atoms with Crippen LogP contribution in [0.3, 0.4) is 0 Å². The van der Waals surface area contributed by atoms with Gasteiger partial charge in [0.2, 0.25) is 5.95 Å². The average molecular weight is 408 g/mol. The normalized spacial score (nSPS) is 21.8. The van der Waals surface area contributed by atoms with Crippen molar-refractivity contribution in [1.29, 1.82) is 5.26 Å². The Balaban J connectivity index is 1.58. The molecule has 2 unspecified atom stereocenters. The highest BCUT2D eigenvalue weighted by molar-refractivity contribution is 6.67. The largest absolute Gasteiger partial charge is 0.512 e. The molecule has 2 saturated heterocycles. The van der Waals surface area contributed by atoms with Crippen molar-refractivity contribution in [2.24, 2.45) is 11.8 Å². The van der Waals surface area contributed by atoms with Gasteiger partial charge >= 0.3 is 0 Å². The van der Waals surface area contributed by atoms with Crippen LogP contribution in [0.2, 0.25) is 12.6 Å². The Hall–Kier alpha value is -3.60. The first-order valence-corrected chi connectivity index (χ1v) is 10.6. The number of aliphatic hydroxyl groups excluding tert-OH is 1. The first kappa shape index (κ1) is 18.2. The Bertz CT molecular complexity index is 1520. The van der Waals surface area contributed by atoms with Gasteiger partial charge in [-0.05, 0) is 36.1 Å². The number of hydrogen-bond donors (Lipinski definition) is 1. The van der Waals surface area contributed by atoms with Crippen LogP contribution in [0.4, 0.5) is 5.95 Å². The maximum atomic E-state index is 10.4. The SMILES string of the molecule is C=c1/c(=C(/C)O)c2nc3ccccc3n2c2nc(N3CC4CB(C#N)CC4C3)ncc12. The highest BCUT2D eigenvalue weighted by Crippen LogP contribution is 2.39. The van der Waals surface area contributed by atoms with Crippen LogP contribution in [-0.4, -0.2) is 44.3 Å². The van der Waals surface area contributed by atoms with Crippen molar-refractivity contribution in [3.63, 3.8) is 0 Å². The number of aliphatic hydroxyl groups is 1. The summed E-state index contributed by atoms with van der Waals surface area (Å²) in [4.78, 5) is 16.7. The lowest BCUT2D eigenvalue weighted by Gasteiger charge is -2.18. The van der Waals surface area contributed by atoms with E-state index in [0.29, 0.717) is 33.9 Å². The molecular formula is C23H21BN6O. The van der Waals surface area contributed by atoms with Crippen LogP contribution in [0.25, 0.3) is 40.1 Å². The minimum atomic E-state index is 0.177. The first-order valence-electron chi connectivity index (χ1n) is 10.6. The van der Waals surface area contributed by atoms with Crippen molar-refractivity contribution in [2.75, 3.05) is 18.0 Å². The number of imidazole rings is 1. The molecule has 4 aromatic rings. The molecule has 2 aliphatic heterocycles. The predicted molar refractivity (Wildman–Crippen MR) is 122 cm³/mol. The Kier molecular flexibility index (Phi) is 3.79. The van der Waals surface area contributed by atoms with Gasteiger partial charge in [0.15, 0.2) is 11.3 Å². The number of para-hydroxylation sites is 2. The van der Waals surface area contributed by atoms with Gasteiger partial charge < -0.3 is 10.0 Å². The molecule has 31 heavy (non-hydrogen) atoms. The number of benzene rings is 1. The summed E-state index contributed by atoms with van der Waals surface area (Å²) in [5, 5.41) is 21.8. The average Bonchev–Trinajstić information content (AvgIpc) is 3.44. The lowest BCUT2D eigenvalue weighted by molar-refractivity contribution is 0.499. The Morgan fingerprint density at radius 3 is 2.65 bits per heavy atom. The van der Waals surface area contributed by atoms with Crippen LogP contribution >= 0.6 is 0 Å². The van der Waals surface area contributed by atoms with Crippen LogP contribution in [0.15, 0.2) is 30.5 Å². The van der Waals surface area contributed by atoms with Crippen LogP contribution in [0.1, 0.15) is 6.92 Å². The molecule has 2 atom stereocenters. The van der Waals surface area contributed by atoms with Crippen molar-refractivity contribution < 1.29 is 5.11 Å². The van der Waals surface area contributed by atoms with Crippen molar-refractivity contribution in [3.05, 3.63) is 40.9 Å². The summed E-state index contributed by atoms with van der Waals surface area (Å²) in [7, 11) is 0. The van der Waals surface area contributed by atoms with Gasteiger partial charge in [0, 0.05) is 30.6 Å². The Labute approximate surface area is 179 Å². The fourth-order valence-corrected chi connectivity index (χ4v) is 5.53. The number of aromatic nitrogens is 4. The molecule has 152 valence electrons. The van der Waals surface area contributed by atoms with Gasteiger partial charge in [-0.2, -0.15) is 4.98 Å². The molecule has 7 nitrogen and oxygen atoms in total. The molecule has 2 fully saturated rings. The second kappa shape index (κ2) is 6.45. The zero-order chi connectivity index (χ0) is 21.3. The number of pyridine rings is 1. The summed E-state index contributed by atoms with van der Waals surface area (Å²) < 4.78 is 2.00. The molecule has 2 aliphatic rings. The smallest absolute Gasteiger partial charge is 0.268 e. The molecule has 0 saturated carbocycles. The number of fused-ring (bicyclic) bond motifs is 6. The highest BCUT2D eigenvalue weighted by atomic mass is 16.3. The predicted octanol–water partition coefficient (Wildman–Crippen LogP) is 2.15. The zero-order valence-electron chi connectivity index (χ0n) is 17.3. The molecule has 1 aromatic carbocycles. The van der Waals surface area contributed by atoms with E-state index in [-0.39, 0.29) is 12.5 Å². The third kappa shape index (κ3) is 2.56. The van der Waals surface area contributed by atoms with Gasteiger partial charge in [-0.3, -0.25) is 4.40 Å². The van der Waals surface area contributed by atoms with Gasteiger partial charge in [0.05, 0.1) is 16.3 Å². The molecule has 0 bridgehead atoms. The molecule has 0 amide bonds. The fourth-order valence-electron chi connectivity index (χ4n) is 5.53. The highest BCUT2D eigenvalue weighted by Gasteiger charge is 2.43. The van der Waals surface area contributed by atoms with E-state index in [1.807, 2.05) is 34.9 Å². The first-order chi connectivity index (χ1) is 15.0. The van der Waals surface area contributed by atoms with E-state index in [2.05, 4.69) is 22.4 Å². The summed E-state index contributed by atoms with van der Waals surface area (Å²) in [6, 6.07) is 7.90. The zero-order valence-corrected chi connectivity index (χ0v) is 17.3. The summed E-state index contributed by atoms with van der Waals surface area (Å²) in [5.74, 6) is 4.39. The maximum absolute atomic E-state index is 10.4. The van der Waals surface area contributed by atoms with E-state index in [4.69, 9.17) is 9.97 Å². The molecule has 5 heterocycles. The van der Waals surface area contributed by atoms with Gasteiger partial charge in [0.1, 0.15) is 5.76 Å². The van der Waals surface area contributed by atoms with Crippen LogP contribution in [0.5, 0.6) is 0 Å². The number of rotatable bonds is 1. The third-order valence-corrected chi connectivity index (χ3v) is 6.96. The summed E-state index contributed by atoms with van der Waals surface area (Å²) in [5.41, 5.74) is 3.18. The lowest BCUT2D eigenvalue weighted by Crippen LogP contribution is -2.31. The second-order valence-corrected chi connectivity index (χ2v) is 8.83. The van der Waals surface area contributed by atoms with Gasteiger partial charge in [-0.25, -0.2) is 15.2 Å². The molecule has 0 aliphatic carbocycles. The van der Waals surface area contributed by atoms with E-state index < -0.39 is 0 Å². The number of nitriles is 1. The minimum Gasteiger partial charge on any atom is -0.512 e. The number of nitrogens with zero attached hydrogens (tertiary/aromatic N) is 6. The van der Waals surface area contributed by atoms with Crippen molar-refractivity contribution in [3.8, 4) is 5.97 Å². The van der Waals surface area contributed by atoms with Crippen LogP contribution < -0.4 is 15.3 Å². The van der Waals surface area contributed by atoms with E-state index in [9.17, 15) is 10.4 Å². The van der Waals surface area contributed by atoms with E-state index >= 15 is 0 Å². The topological polar surface area (TPSA) is 90.3 Å². The van der Waals surface area contributed by atoms with Gasteiger partial charge in [-0.15, -0.1) is 0 Å². The molecule has 8 heteroatoms. The van der Waals surface area contributed by atoms with Crippen molar-refractivity contribution >= 4 is 52.7 Å². The standard InChI is InChI=1S/C23H21BN6O/c1-13-17-9-26-23(29-10-15-7-24(12-25)8-16(15)11-29)28-21(17)30-19-6-4-3-5-18(19)27-22(30)20(13)14(2)31/h3-6,9,15-16,31H,1,7-8,10-11H2,2H3/b20-14+. The number of anilines is 1. The number of hydrogen-bond acceptors (Lipinski definition) is 6. The quantitative estimate of drug-likeness (QED) is 0.486. The summed E-state index contributed by atoms with van der Waals surface area (Å²) in [6.45, 7) is 7.85. The molecule has 6 rings (SSSR count). The van der Waals surface area contributed by atoms with Gasteiger partial charge in [-0.1, -0.05) is 31.4 Å². The fraction of sp³-hybridized carbons (Fsp3) is 0.304. The summed E-state index contributed by atoms with van der Waals surface area (Å²) in [6.07, 6.45) is 3.76. The summed E-state index contributed by atoms with van der Waals surface area (Å²) >= 11 is 0. The van der Waals surface area contributed by atoms with Crippen molar-refractivity contribution in [1.82, 2.24) is 19.4 Å². The van der Waals surface area contributed by atoms with E-state index in [1.165, 1.54) is 0 Å². The second-order valence-electron chi connectivity index (χ2n) is 8.83. The maximum Gasteiger partial charge on any atom is 0.268 e. The molecule has 0 radical (unpaired) electrons. The Morgan fingerprint density at radius 1 is 1.19 bits per heavy atom. The Morgan fingerprint density at radius 2 is 1.94 bits per heavy atom. The van der Waals surface area contributed by atoms with E-state index in [1.54, 1.807) is 6.92 Å². The molecule has 1 N–H and O–H groups in total. The van der Waals surface area contributed by atoms with Gasteiger partial charge in [0.25, 0.3) is 6.71 Å². The minimum absolute atomic E-state index is 0.177. The molecular weight excluding hydrogens is 387 g/mol. The molecule has 0 spiro atoms. The van der Waals surface area contributed by atoms with Crippen LogP contribution in [-0.2, 0) is 0 Å². The monoisotopic (exact) mass is 408 g/mol.